The minimum Gasteiger partial charge on any atom is -0.268 e. The van der Waals surface area contributed by atoms with E-state index >= 15 is 0 Å². The second-order valence-electron chi connectivity index (χ2n) is 2.63. The van der Waals surface area contributed by atoms with Crippen LogP contribution in [-0.4, -0.2) is 22.9 Å². The van der Waals surface area contributed by atoms with Crippen LogP contribution < -0.4 is 5.43 Å². The van der Waals surface area contributed by atoms with E-state index in [0.717, 1.165) is 5.01 Å². The lowest BCUT2D eigenvalue weighted by Gasteiger charge is -2.17. The van der Waals surface area contributed by atoms with E-state index in [0.29, 0.717) is 0 Å². The maximum absolute atomic E-state index is 10.9. The summed E-state index contributed by atoms with van der Waals surface area (Å²) in [7, 11) is 0. The predicted molar refractivity (Wildman–Crippen MR) is 39.3 cm³/mol. The van der Waals surface area contributed by atoms with Gasteiger partial charge in [0.1, 0.15) is 0 Å². The SMILES string of the molecule is CC(C)NN1C(=O)C=CC1=O. The molecule has 1 N–H and O–H groups in total. The van der Waals surface area contributed by atoms with Crippen molar-refractivity contribution in [1.82, 2.24) is 10.4 Å². The molecular formula is C7H10N2O2. The molecule has 0 fully saturated rings. The lowest BCUT2D eigenvalue weighted by Crippen LogP contribution is -2.46. The molecular weight excluding hydrogens is 144 g/mol. The van der Waals surface area contributed by atoms with Crippen LogP contribution in [0, 0.1) is 0 Å². The molecule has 1 rings (SSSR count). The molecule has 60 valence electrons. The molecule has 11 heavy (non-hydrogen) atoms. The Hall–Kier alpha value is -1.16. The number of carbonyl (C=O) groups excluding carboxylic acids is 2. The predicted octanol–water partition coefficient (Wildman–Crippen LogP) is -0.176. The van der Waals surface area contributed by atoms with Gasteiger partial charge in [-0.1, -0.05) is 0 Å². The van der Waals surface area contributed by atoms with Crippen molar-refractivity contribution in [2.75, 3.05) is 0 Å². The first kappa shape index (κ1) is 7.94. The van der Waals surface area contributed by atoms with Crippen LogP contribution in [0.5, 0.6) is 0 Å². The van der Waals surface area contributed by atoms with Crippen molar-refractivity contribution < 1.29 is 9.59 Å². The number of nitrogens with one attached hydrogen (secondary N) is 1. The van der Waals surface area contributed by atoms with E-state index in [1.807, 2.05) is 13.8 Å². The Balaban J connectivity index is 2.59. The molecule has 0 aromatic carbocycles. The van der Waals surface area contributed by atoms with Crippen molar-refractivity contribution in [1.29, 1.82) is 0 Å². The van der Waals surface area contributed by atoms with Gasteiger partial charge in [0.2, 0.25) is 0 Å². The Kier molecular flexibility index (Phi) is 2.05. The van der Waals surface area contributed by atoms with Gasteiger partial charge < -0.3 is 0 Å². The van der Waals surface area contributed by atoms with Gasteiger partial charge in [-0.2, -0.15) is 0 Å². The maximum Gasteiger partial charge on any atom is 0.268 e. The Bertz CT molecular complexity index is 202. The van der Waals surface area contributed by atoms with Gasteiger partial charge in [0.25, 0.3) is 11.8 Å². The van der Waals surface area contributed by atoms with Gasteiger partial charge in [-0.05, 0) is 13.8 Å². The Morgan fingerprint density at radius 2 is 1.73 bits per heavy atom. The highest BCUT2D eigenvalue weighted by Gasteiger charge is 2.23. The molecule has 1 aliphatic heterocycles. The summed E-state index contributed by atoms with van der Waals surface area (Å²) in [5.74, 6) is -0.604. The number of nitrogens with zero attached hydrogens (tertiary/aromatic N) is 1. The van der Waals surface area contributed by atoms with E-state index in [4.69, 9.17) is 0 Å². The van der Waals surface area contributed by atoms with E-state index in [-0.39, 0.29) is 17.9 Å². The summed E-state index contributed by atoms with van der Waals surface area (Å²) in [5.41, 5.74) is 2.71. The average Bonchev–Trinajstić information content (AvgIpc) is 2.18. The summed E-state index contributed by atoms with van der Waals surface area (Å²) in [6.45, 7) is 3.72. The van der Waals surface area contributed by atoms with Gasteiger partial charge in [0.05, 0.1) is 0 Å². The highest BCUT2D eigenvalue weighted by Crippen LogP contribution is 1.99. The number of amides is 2. The van der Waals surface area contributed by atoms with Gasteiger partial charge in [-0.25, -0.2) is 10.4 Å². The van der Waals surface area contributed by atoms with Gasteiger partial charge in [-0.3, -0.25) is 9.59 Å². The van der Waals surface area contributed by atoms with Crippen molar-refractivity contribution in [3.8, 4) is 0 Å². The van der Waals surface area contributed by atoms with E-state index in [2.05, 4.69) is 5.43 Å². The number of rotatable bonds is 2. The first-order valence-corrected chi connectivity index (χ1v) is 3.43. The molecule has 0 radical (unpaired) electrons. The van der Waals surface area contributed by atoms with Crippen LogP contribution in [-0.2, 0) is 9.59 Å². The second kappa shape index (κ2) is 2.84. The van der Waals surface area contributed by atoms with Crippen LogP contribution in [0.15, 0.2) is 12.2 Å². The summed E-state index contributed by atoms with van der Waals surface area (Å²) in [4.78, 5) is 21.8. The van der Waals surface area contributed by atoms with Crippen LogP contribution in [0.4, 0.5) is 0 Å². The van der Waals surface area contributed by atoms with Gasteiger partial charge in [0.15, 0.2) is 0 Å². The topological polar surface area (TPSA) is 49.4 Å². The van der Waals surface area contributed by atoms with E-state index in [1.165, 1.54) is 12.2 Å². The van der Waals surface area contributed by atoms with Gasteiger partial charge in [0, 0.05) is 18.2 Å². The number of hydrogen-bond acceptors (Lipinski definition) is 3. The molecule has 0 spiro atoms. The van der Waals surface area contributed by atoms with Crippen LogP contribution in [0.2, 0.25) is 0 Å². The minimum absolute atomic E-state index is 0.0859. The summed E-state index contributed by atoms with van der Waals surface area (Å²) in [6.07, 6.45) is 2.50. The monoisotopic (exact) mass is 154 g/mol. The van der Waals surface area contributed by atoms with Crippen molar-refractivity contribution in [3.63, 3.8) is 0 Å². The summed E-state index contributed by atoms with van der Waals surface area (Å²) < 4.78 is 0. The molecule has 0 aliphatic carbocycles. The lowest BCUT2D eigenvalue weighted by atomic mass is 10.4. The zero-order chi connectivity index (χ0) is 8.43. The van der Waals surface area contributed by atoms with Gasteiger partial charge in [-0.15, -0.1) is 0 Å². The van der Waals surface area contributed by atoms with Crippen LogP contribution >= 0.6 is 0 Å². The molecule has 4 nitrogen and oxygen atoms in total. The summed E-state index contributed by atoms with van der Waals surface area (Å²) >= 11 is 0. The first-order valence-electron chi connectivity index (χ1n) is 3.43. The minimum atomic E-state index is -0.302. The molecule has 1 heterocycles. The molecule has 0 saturated heterocycles. The molecule has 4 heteroatoms. The highest BCUT2D eigenvalue weighted by molar-refractivity contribution is 6.12. The average molecular weight is 154 g/mol. The maximum atomic E-state index is 10.9. The van der Waals surface area contributed by atoms with Crippen LogP contribution in [0.3, 0.4) is 0 Å². The number of hydrogen-bond donors (Lipinski definition) is 1. The summed E-state index contributed by atoms with van der Waals surface area (Å²) in [6, 6.07) is 0.0859. The van der Waals surface area contributed by atoms with Crippen molar-refractivity contribution in [2.24, 2.45) is 0 Å². The third-order valence-electron chi connectivity index (χ3n) is 1.20. The Labute approximate surface area is 64.8 Å². The number of imide groups is 1. The molecule has 0 unspecified atom stereocenters. The molecule has 1 aliphatic rings. The third kappa shape index (κ3) is 1.65. The smallest absolute Gasteiger partial charge is 0.268 e. The molecule has 0 aromatic rings. The van der Waals surface area contributed by atoms with Gasteiger partial charge >= 0.3 is 0 Å². The molecule has 0 aromatic heterocycles. The standard InChI is InChI=1S/C7H10N2O2/c1-5(2)8-9-6(10)3-4-7(9)11/h3-5,8H,1-2H3. The fourth-order valence-corrected chi connectivity index (χ4v) is 0.786. The molecule has 0 bridgehead atoms. The van der Waals surface area contributed by atoms with E-state index in [1.54, 1.807) is 0 Å². The zero-order valence-corrected chi connectivity index (χ0v) is 6.50. The quantitative estimate of drug-likeness (QED) is 0.561. The third-order valence-corrected chi connectivity index (χ3v) is 1.20. The zero-order valence-electron chi connectivity index (χ0n) is 6.50. The Morgan fingerprint density at radius 1 is 1.27 bits per heavy atom. The molecule has 2 amide bonds. The molecule has 0 saturated carbocycles. The lowest BCUT2D eigenvalue weighted by molar-refractivity contribution is -0.141. The summed E-state index contributed by atoms with van der Waals surface area (Å²) in [5, 5.41) is 1.00. The van der Waals surface area contributed by atoms with E-state index < -0.39 is 0 Å². The van der Waals surface area contributed by atoms with Crippen molar-refractivity contribution in [3.05, 3.63) is 12.2 Å². The molecule has 0 atom stereocenters. The largest absolute Gasteiger partial charge is 0.268 e. The number of carbonyl (C=O) groups is 2. The van der Waals surface area contributed by atoms with Crippen LogP contribution in [0.1, 0.15) is 13.8 Å². The fraction of sp³-hybridized carbons (Fsp3) is 0.429. The van der Waals surface area contributed by atoms with Crippen molar-refractivity contribution in [2.45, 2.75) is 19.9 Å². The van der Waals surface area contributed by atoms with E-state index in [9.17, 15) is 9.59 Å². The second-order valence-corrected chi connectivity index (χ2v) is 2.63. The van der Waals surface area contributed by atoms with Crippen LogP contribution in [0.25, 0.3) is 0 Å². The first-order chi connectivity index (χ1) is 5.11. The van der Waals surface area contributed by atoms with Crippen molar-refractivity contribution >= 4 is 11.8 Å². The number of hydrazine groups is 1. The fourth-order valence-electron chi connectivity index (χ4n) is 0.786. The highest BCUT2D eigenvalue weighted by atomic mass is 16.2. The normalized spacial score (nSPS) is 17.2. The Morgan fingerprint density at radius 3 is 2.09 bits per heavy atom.